The summed E-state index contributed by atoms with van der Waals surface area (Å²) in [7, 11) is 0. The van der Waals surface area contributed by atoms with Gasteiger partial charge in [0.2, 0.25) is 0 Å². The van der Waals surface area contributed by atoms with Crippen molar-refractivity contribution in [3.63, 3.8) is 0 Å². The van der Waals surface area contributed by atoms with E-state index in [0.717, 1.165) is 76.5 Å². The van der Waals surface area contributed by atoms with Crippen LogP contribution in [-0.2, 0) is 0 Å². The summed E-state index contributed by atoms with van der Waals surface area (Å²) in [6, 6.07) is 46.4. The van der Waals surface area contributed by atoms with Crippen LogP contribution in [0.4, 0.5) is 0 Å². The first-order valence-electron chi connectivity index (χ1n) is 18.3. The molecule has 0 N–H and O–H groups in total. The van der Waals surface area contributed by atoms with Gasteiger partial charge in [-0.2, -0.15) is 0 Å². The minimum absolute atomic E-state index is 0.208. The van der Waals surface area contributed by atoms with Crippen molar-refractivity contribution in [2.75, 3.05) is 0 Å². The Morgan fingerprint density at radius 3 is 1.77 bits per heavy atom. The third kappa shape index (κ3) is 3.90. The first-order valence-corrected chi connectivity index (χ1v) is 15.8. The molecule has 0 radical (unpaired) electrons. The van der Waals surface area contributed by atoms with E-state index >= 15 is 0 Å². The third-order valence-electron chi connectivity index (χ3n) is 9.53. The predicted octanol–water partition coefficient (Wildman–Crippen LogP) is 13.2. The molecule has 0 aliphatic heterocycles. The summed E-state index contributed by atoms with van der Waals surface area (Å²) >= 11 is 0. The van der Waals surface area contributed by atoms with Crippen molar-refractivity contribution < 1.29 is 11.3 Å². The monoisotopic (exact) mass is 601 g/mol. The van der Waals surface area contributed by atoms with E-state index in [2.05, 4.69) is 97.1 Å². The normalized spacial score (nSPS) is 13.3. The highest BCUT2D eigenvalue weighted by Crippen LogP contribution is 2.46. The summed E-state index contributed by atoms with van der Waals surface area (Å²) in [4.78, 5) is 0. The summed E-state index contributed by atoms with van der Waals surface area (Å²) in [5.74, 6) is 0. The molecule has 1 heterocycles. The van der Waals surface area contributed by atoms with Crippen LogP contribution < -0.4 is 0 Å². The minimum Gasteiger partial charge on any atom is -0.456 e. The van der Waals surface area contributed by atoms with Crippen molar-refractivity contribution in [3.05, 3.63) is 170 Å². The molecule has 1 heteroatoms. The zero-order valence-corrected chi connectivity index (χ0v) is 25.2. The number of benzene rings is 9. The number of hydrogen-bond acceptors (Lipinski definition) is 1. The fourth-order valence-corrected chi connectivity index (χ4v) is 7.56. The SMILES string of the molecule is [2H]c1c([2H])c([2H])c(-c2c3ccccc3c(-c3cccc4cc(-c5cccc6oc7ccc8ccccc8c7c56)ccc34)c3ccccc23)c([2H])c1[2H]. The summed E-state index contributed by atoms with van der Waals surface area (Å²) in [6.07, 6.45) is 0. The topological polar surface area (TPSA) is 13.1 Å². The van der Waals surface area contributed by atoms with Gasteiger partial charge in [0, 0.05) is 10.8 Å². The van der Waals surface area contributed by atoms with E-state index in [1.165, 1.54) is 10.8 Å². The Labute approximate surface area is 279 Å². The molecule has 0 saturated carbocycles. The maximum absolute atomic E-state index is 8.89. The molecule has 0 aliphatic carbocycles. The molecule has 10 aromatic rings. The zero-order valence-electron chi connectivity index (χ0n) is 30.2. The number of fused-ring (bicyclic) bond motifs is 8. The fraction of sp³-hybridized carbons (Fsp3) is 0. The van der Waals surface area contributed by atoms with Crippen molar-refractivity contribution in [3.8, 4) is 33.4 Å². The van der Waals surface area contributed by atoms with Gasteiger partial charge in [-0.25, -0.2) is 0 Å². The van der Waals surface area contributed by atoms with Crippen molar-refractivity contribution >= 4 is 65.0 Å². The van der Waals surface area contributed by atoms with Crippen LogP contribution >= 0.6 is 0 Å². The molecular formula is C46H28O. The molecule has 1 aromatic heterocycles. The van der Waals surface area contributed by atoms with Gasteiger partial charge in [0.05, 0.1) is 6.85 Å². The van der Waals surface area contributed by atoms with Gasteiger partial charge < -0.3 is 4.42 Å². The lowest BCUT2D eigenvalue weighted by Crippen LogP contribution is -1.91. The van der Waals surface area contributed by atoms with E-state index in [4.69, 9.17) is 11.3 Å². The molecule has 0 atom stereocenters. The van der Waals surface area contributed by atoms with Crippen molar-refractivity contribution in [1.82, 2.24) is 0 Å². The maximum Gasteiger partial charge on any atom is 0.136 e. The van der Waals surface area contributed by atoms with Crippen LogP contribution in [0.25, 0.3) is 98.4 Å². The van der Waals surface area contributed by atoms with Gasteiger partial charge in [0.1, 0.15) is 11.2 Å². The van der Waals surface area contributed by atoms with Gasteiger partial charge in [0.25, 0.3) is 0 Å². The van der Waals surface area contributed by atoms with E-state index in [-0.39, 0.29) is 29.7 Å². The van der Waals surface area contributed by atoms with E-state index in [9.17, 15) is 0 Å². The van der Waals surface area contributed by atoms with Crippen LogP contribution in [0.5, 0.6) is 0 Å². The second-order valence-electron chi connectivity index (χ2n) is 12.0. The quantitative estimate of drug-likeness (QED) is 0.184. The van der Waals surface area contributed by atoms with Gasteiger partial charge >= 0.3 is 0 Å². The summed E-state index contributed by atoms with van der Waals surface area (Å²) in [5, 5.41) is 10.3. The first kappa shape index (κ1) is 21.5. The predicted molar refractivity (Wildman–Crippen MR) is 200 cm³/mol. The molecule has 47 heavy (non-hydrogen) atoms. The van der Waals surface area contributed by atoms with Crippen LogP contribution in [0, 0.1) is 0 Å². The molecule has 0 aliphatic rings. The van der Waals surface area contributed by atoms with Crippen molar-refractivity contribution in [2.24, 2.45) is 0 Å². The average molecular weight is 602 g/mol. The molecule has 0 fully saturated rings. The van der Waals surface area contributed by atoms with Crippen molar-refractivity contribution in [1.29, 1.82) is 0 Å². The Hall–Kier alpha value is -6.18. The van der Waals surface area contributed by atoms with Gasteiger partial charge in [-0.15, -0.1) is 0 Å². The molecule has 0 saturated heterocycles. The molecule has 0 bridgehead atoms. The largest absolute Gasteiger partial charge is 0.456 e. The Morgan fingerprint density at radius 1 is 0.383 bits per heavy atom. The smallest absolute Gasteiger partial charge is 0.136 e. The molecule has 9 aromatic carbocycles. The van der Waals surface area contributed by atoms with Gasteiger partial charge in [-0.1, -0.05) is 152 Å². The molecule has 10 rings (SSSR count). The molecule has 218 valence electrons. The van der Waals surface area contributed by atoms with Crippen LogP contribution in [0.15, 0.2) is 174 Å². The first-order chi connectivity index (χ1) is 25.4. The second-order valence-corrected chi connectivity index (χ2v) is 12.0. The lowest BCUT2D eigenvalue weighted by atomic mass is 9.84. The number of rotatable bonds is 3. The minimum atomic E-state index is -0.398. The van der Waals surface area contributed by atoms with Gasteiger partial charge in [-0.3, -0.25) is 0 Å². The van der Waals surface area contributed by atoms with Crippen LogP contribution in [0.2, 0.25) is 0 Å². The molecular weight excluding hydrogens is 569 g/mol. The summed E-state index contributed by atoms with van der Waals surface area (Å²) in [6.45, 7) is 0. The van der Waals surface area contributed by atoms with E-state index in [0.29, 0.717) is 5.56 Å². The summed E-state index contributed by atoms with van der Waals surface area (Å²) < 4.78 is 49.3. The van der Waals surface area contributed by atoms with Gasteiger partial charge in [0.15, 0.2) is 0 Å². The lowest BCUT2D eigenvalue weighted by molar-refractivity contribution is 0.669. The number of hydrogen-bond donors (Lipinski definition) is 0. The fourth-order valence-electron chi connectivity index (χ4n) is 7.56. The Morgan fingerprint density at radius 2 is 1.00 bits per heavy atom. The molecule has 0 amide bonds. The zero-order chi connectivity index (χ0) is 35.2. The Balaban J connectivity index is 1.24. The standard InChI is InChI=1S/C46H28O/c1-2-13-30(14-3-1)43-37-17-6-8-19-39(37)44(40-20-9-7-18-38(40)43)36-22-10-15-31-28-32(24-26-33(31)36)35-21-11-23-41-46(35)45-34-16-5-4-12-29(34)25-27-42(45)47-41/h1-28H/i1D,2D,3D,13D,14D. The summed E-state index contributed by atoms with van der Waals surface area (Å²) in [5.41, 5.74) is 6.88. The van der Waals surface area contributed by atoms with E-state index in [1.54, 1.807) is 0 Å². The Bertz CT molecular complexity index is 3050. The van der Waals surface area contributed by atoms with Crippen LogP contribution in [0.3, 0.4) is 0 Å². The maximum atomic E-state index is 8.89. The van der Waals surface area contributed by atoms with Crippen molar-refractivity contribution in [2.45, 2.75) is 0 Å². The molecule has 1 nitrogen and oxygen atoms in total. The van der Waals surface area contributed by atoms with E-state index < -0.39 is 6.04 Å². The van der Waals surface area contributed by atoms with Crippen LogP contribution in [-0.4, -0.2) is 0 Å². The third-order valence-corrected chi connectivity index (χ3v) is 9.53. The Kier molecular flexibility index (Phi) is 4.66. The van der Waals surface area contributed by atoms with Gasteiger partial charge in [-0.05, 0) is 94.7 Å². The highest BCUT2D eigenvalue weighted by molar-refractivity contribution is 6.25. The number of furan rings is 1. The lowest BCUT2D eigenvalue weighted by Gasteiger charge is -2.19. The van der Waals surface area contributed by atoms with E-state index in [1.807, 2.05) is 42.5 Å². The highest BCUT2D eigenvalue weighted by Gasteiger charge is 2.19. The molecule has 0 spiro atoms. The van der Waals surface area contributed by atoms with Crippen LogP contribution in [0.1, 0.15) is 6.85 Å². The molecule has 0 unspecified atom stereocenters. The average Bonchev–Trinajstić information content (AvgIpc) is 3.58. The second kappa shape index (κ2) is 10.2. The highest BCUT2D eigenvalue weighted by atomic mass is 16.3.